The van der Waals surface area contributed by atoms with Crippen LogP contribution in [-0.2, 0) is 4.74 Å². The van der Waals surface area contributed by atoms with Gasteiger partial charge in [-0.15, -0.1) is 0 Å². The van der Waals surface area contributed by atoms with Crippen molar-refractivity contribution in [2.45, 2.75) is 25.4 Å². The number of ether oxygens (including phenoxy) is 1. The zero-order valence-electron chi connectivity index (χ0n) is 16.3. The van der Waals surface area contributed by atoms with Crippen LogP contribution < -0.4 is 5.32 Å². The van der Waals surface area contributed by atoms with E-state index in [1.165, 1.54) is 6.42 Å². The van der Waals surface area contributed by atoms with E-state index >= 15 is 0 Å². The van der Waals surface area contributed by atoms with E-state index in [0.717, 1.165) is 78.1 Å². The van der Waals surface area contributed by atoms with Crippen LogP contribution >= 0.6 is 0 Å². The van der Waals surface area contributed by atoms with Crippen LogP contribution in [0.15, 0.2) is 4.99 Å². The van der Waals surface area contributed by atoms with Crippen molar-refractivity contribution >= 4 is 5.96 Å². The van der Waals surface area contributed by atoms with Crippen molar-refractivity contribution < 1.29 is 4.74 Å². The summed E-state index contributed by atoms with van der Waals surface area (Å²) in [5.41, 5.74) is 0. The van der Waals surface area contributed by atoms with Crippen LogP contribution in [0.25, 0.3) is 0 Å². The zero-order valence-corrected chi connectivity index (χ0v) is 16.3. The van der Waals surface area contributed by atoms with Crippen LogP contribution in [0.2, 0.25) is 0 Å². The molecule has 7 heteroatoms. The lowest BCUT2D eigenvalue weighted by atomic mass is 10.2. The van der Waals surface area contributed by atoms with Gasteiger partial charge in [-0.25, -0.2) is 0 Å². The summed E-state index contributed by atoms with van der Waals surface area (Å²) in [7, 11) is 4.44. The highest BCUT2D eigenvalue weighted by Crippen LogP contribution is 2.17. The third-order valence-corrected chi connectivity index (χ3v) is 5.79. The molecule has 3 aliphatic heterocycles. The predicted molar refractivity (Wildman–Crippen MR) is 102 cm³/mol. The molecule has 3 fully saturated rings. The number of nitrogens with zero attached hydrogens (tertiary/aromatic N) is 5. The molecular formula is C18H36N6O. The van der Waals surface area contributed by atoms with E-state index in [9.17, 15) is 0 Å². The van der Waals surface area contributed by atoms with Gasteiger partial charge < -0.3 is 19.9 Å². The minimum atomic E-state index is 0.519. The Morgan fingerprint density at radius 2 is 1.88 bits per heavy atom. The van der Waals surface area contributed by atoms with Gasteiger partial charge in [-0.3, -0.25) is 14.8 Å². The van der Waals surface area contributed by atoms with Crippen molar-refractivity contribution in [3.05, 3.63) is 0 Å². The number of likely N-dealkylation sites (N-methyl/N-ethyl adjacent to an activating group) is 2. The first-order chi connectivity index (χ1) is 12.2. The number of aliphatic imine (C=N–C) groups is 1. The minimum absolute atomic E-state index is 0.519. The number of likely N-dealkylation sites (tertiary alicyclic amines) is 1. The first-order valence-corrected chi connectivity index (χ1v) is 9.91. The standard InChI is InChI=1S/C18H36N6O/c1-4-19-18(20-13-17-14-21(2)7-8-22(17)3)24-6-5-16(15-24)23-9-11-25-12-10-23/h16-17H,4-15H2,1-3H3,(H,19,20). The fraction of sp³-hybridized carbons (Fsp3) is 0.944. The van der Waals surface area contributed by atoms with Gasteiger partial charge in [0.2, 0.25) is 0 Å². The largest absolute Gasteiger partial charge is 0.379 e. The molecule has 0 aliphatic carbocycles. The number of piperazine rings is 1. The summed E-state index contributed by atoms with van der Waals surface area (Å²) in [6.07, 6.45) is 1.23. The van der Waals surface area contributed by atoms with Crippen molar-refractivity contribution in [1.82, 2.24) is 24.9 Å². The van der Waals surface area contributed by atoms with E-state index in [1.54, 1.807) is 0 Å². The number of nitrogens with one attached hydrogen (secondary N) is 1. The van der Waals surface area contributed by atoms with E-state index in [-0.39, 0.29) is 0 Å². The molecule has 3 heterocycles. The fourth-order valence-electron chi connectivity index (χ4n) is 4.09. The lowest BCUT2D eigenvalue weighted by Gasteiger charge is -2.37. The molecule has 0 radical (unpaired) electrons. The normalized spacial score (nSPS) is 30.8. The summed E-state index contributed by atoms with van der Waals surface area (Å²) in [6, 6.07) is 1.17. The summed E-state index contributed by atoms with van der Waals surface area (Å²) in [6.45, 7) is 13.5. The van der Waals surface area contributed by atoms with E-state index in [1.807, 2.05) is 0 Å². The molecule has 7 nitrogen and oxygen atoms in total. The van der Waals surface area contributed by atoms with Gasteiger partial charge in [0.05, 0.1) is 19.8 Å². The molecule has 0 spiro atoms. The maximum absolute atomic E-state index is 5.50. The quantitative estimate of drug-likeness (QED) is 0.549. The molecule has 2 atom stereocenters. The van der Waals surface area contributed by atoms with Gasteiger partial charge in [-0.05, 0) is 27.4 Å². The van der Waals surface area contributed by atoms with Crippen LogP contribution in [-0.4, -0.2) is 124 Å². The van der Waals surface area contributed by atoms with Crippen molar-refractivity contribution in [3.8, 4) is 0 Å². The van der Waals surface area contributed by atoms with Crippen LogP contribution in [0.1, 0.15) is 13.3 Å². The smallest absolute Gasteiger partial charge is 0.194 e. The Morgan fingerprint density at radius 3 is 2.64 bits per heavy atom. The van der Waals surface area contributed by atoms with Crippen LogP contribution in [0, 0.1) is 0 Å². The van der Waals surface area contributed by atoms with Crippen molar-refractivity contribution in [2.24, 2.45) is 4.99 Å². The molecule has 3 aliphatic rings. The molecular weight excluding hydrogens is 316 g/mol. The lowest BCUT2D eigenvalue weighted by molar-refractivity contribution is 0.0195. The molecule has 1 N–H and O–H groups in total. The SMILES string of the molecule is CCNC(=NCC1CN(C)CCN1C)N1CCC(N2CCOCC2)C1. The summed E-state index contributed by atoms with van der Waals surface area (Å²) < 4.78 is 5.50. The molecule has 25 heavy (non-hydrogen) atoms. The minimum Gasteiger partial charge on any atom is -0.379 e. The first-order valence-electron chi connectivity index (χ1n) is 9.91. The number of rotatable bonds is 4. The Bertz CT molecular complexity index is 439. The predicted octanol–water partition coefficient (Wildman–Crippen LogP) is -0.396. The number of hydrogen-bond acceptors (Lipinski definition) is 5. The first kappa shape index (κ1) is 18.9. The second-order valence-electron chi connectivity index (χ2n) is 7.63. The molecule has 0 saturated carbocycles. The van der Waals surface area contributed by atoms with Gasteiger partial charge in [0.1, 0.15) is 0 Å². The lowest BCUT2D eigenvalue weighted by Crippen LogP contribution is -2.52. The molecule has 0 bridgehead atoms. The Labute approximate surface area is 153 Å². The van der Waals surface area contributed by atoms with Crippen LogP contribution in [0.4, 0.5) is 0 Å². The van der Waals surface area contributed by atoms with Crippen molar-refractivity contribution in [1.29, 1.82) is 0 Å². The van der Waals surface area contributed by atoms with E-state index in [4.69, 9.17) is 9.73 Å². The summed E-state index contributed by atoms with van der Waals surface area (Å²) in [5, 5.41) is 3.51. The number of hydrogen-bond donors (Lipinski definition) is 1. The van der Waals surface area contributed by atoms with E-state index in [0.29, 0.717) is 12.1 Å². The Hall–Kier alpha value is -0.890. The number of morpholine rings is 1. The molecule has 144 valence electrons. The van der Waals surface area contributed by atoms with Crippen LogP contribution in [0.5, 0.6) is 0 Å². The molecule has 0 aromatic carbocycles. The van der Waals surface area contributed by atoms with Crippen molar-refractivity contribution in [3.63, 3.8) is 0 Å². The second-order valence-corrected chi connectivity index (χ2v) is 7.63. The van der Waals surface area contributed by atoms with Gasteiger partial charge in [-0.2, -0.15) is 0 Å². The highest BCUT2D eigenvalue weighted by molar-refractivity contribution is 5.80. The third-order valence-electron chi connectivity index (χ3n) is 5.79. The topological polar surface area (TPSA) is 46.6 Å². The maximum Gasteiger partial charge on any atom is 0.194 e. The zero-order chi connectivity index (χ0) is 17.6. The van der Waals surface area contributed by atoms with Gasteiger partial charge in [0.15, 0.2) is 5.96 Å². The average Bonchev–Trinajstić information content (AvgIpc) is 3.12. The summed E-state index contributed by atoms with van der Waals surface area (Å²) >= 11 is 0. The summed E-state index contributed by atoms with van der Waals surface area (Å²) in [4.78, 5) is 14.9. The Morgan fingerprint density at radius 1 is 1.08 bits per heavy atom. The second kappa shape index (κ2) is 9.16. The molecule has 3 rings (SSSR count). The highest BCUT2D eigenvalue weighted by atomic mass is 16.5. The Kier molecular flexibility index (Phi) is 6.92. The monoisotopic (exact) mass is 352 g/mol. The third kappa shape index (κ3) is 5.06. The van der Waals surface area contributed by atoms with Crippen molar-refractivity contribution in [2.75, 3.05) is 86.2 Å². The van der Waals surface area contributed by atoms with Gasteiger partial charge >= 0.3 is 0 Å². The van der Waals surface area contributed by atoms with Gasteiger partial charge in [-0.1, -0.05) is 0 Å². The van der Waals surface area contributed by atoms with Crippen LogP contribution in [0.3, 0.4) is 0 Å². The molecule has 0 amide bonds. The maximum atomic E-state index is 5.50. The summed E-state index contributed by atoms with van der Waals surface area (Å²) in [5.74, 6) is 1.10. The molecule has 2 unspecified atom stereocenters. The van der Waals surface area contributed by atoms with E-state index in [2.05, 4.69) is 45.9 Å². The number of guanidine groups is 1. The molecule has 3 saturated heterocycles. The van der Waals surface area contributed by atoms with Gasteiger partial charge in [0, 0.05) is 64.4 Å². The average molecular weight is 353 g/mol. The van der Waals surface area contributed by atoms with Gasteiger partial charge in [0.25, 0.3) is 0 Å². The molecule has 0 aromatic rings. The highest BCUT2D eigenvalue weighted by Gasteiger charge is 2.30. The fourth-order valence-corrected chi connectivity index (χ4v) is 4.09. The molecule has 0 aromatic heterocycles. The Balaban J connectivity index is 1.56. The van der Waals surface area contributed by atoms with E-state index < -0.39 is 0 Å².